The van der Waals surface area contributed by atoms with Crippen LogP contribution in [-0.2, 0) is 16.1 Å². The Morgan fingerprint density at radius 2 is 1.88 bits per heavy atom. The number of hydrogen-bond donors (Lipinski definition) is 1. The molecule has 2 aromatic carbocycles. The maximum absolute atomic E-state index is 13.1. The predicted molar refractivity (Wildman–Crippen MR) is 92.2 cm³/mol. The molecule has 2 rings (SSSR count). The third kappa shape index (κ3) is 5.66. The van der Waals surface area contributed by atoms with Crippen LogP contribution in [-0.4, -0.2) is 23.3 Å². The van der Waals surface area contributed by atoms with Crippen molar-refractivity contribution >= 4 is 29.1 Å². The maximum Gasteiger partial charge on any atom is 0.226 e. The molecule has 2 amide bonds. The summed E-state index contributed by atoms with van der Waals surface area (Å²) >= 11 is 5.84. The molecule has 0 heterocycles. The van der Waals surface area contributed by atoms with Crippen molar-refractivity contribution in [3.8, 4) is 0 Å². The number of amides is 2. The van der Waals surface area contributed by atoms with Crippen molar-refractivity contribution < 1.29 is 14.0 Å². The molecule has 0 bridgehead atoms. The molecule has 0 radical (unpaired) electrons. The van der Waals surface area contributed by atoms with E-state index in [-0.39, 0.29) is 24.8 Å². The standard InChI is InChI=1S/C18H18ClFN2O2/c1-13(23)22(12-14-5-7-15(19)8-6-14)10-9-18(24)21-17-4-2-3-16(20)11-17/h2-8,11H,9-10,12H2,1H3,(H,21,24). The lowest BCUT2D eigenvalue weighted by molar-refractivity contribution is -0.129. The summed E-state index contributed by atoms with van der Waals surface area (Å²) in [6.07, 6.45) is 0.129. The second-order valence-corrected chi connectivity index (χ2v) is 5.81. The zero-order valence-electron chi connectivity index (χ0n) is 13.3. The van der Waals surface area contributed by atoms with Crippen molar-refractivity contribution in [1.29, 1.82) is 0 Å². The van der Waals surface area contributed by atoms with E-state index in [0.29, 0.717) is 17.3 Å². The number of rotatable bonds is 6. The van der Waals surface area contributed by atoms with Crippen LogP contribution in [0.25, 0.3) is 0 Å². The first-order chi connectivity index (χ1) is 11.4. The van der Waals surface area contributed by atoms with Crippen molar-refractivity contribution in [3.05, 3.63) is 64.9 Å². The summed E-state index contributed by atoms with van der Waals surface area (Å²) in [6, 6.07) is 12.9. The van der Waals surface area contributed by atoms with Crippen LogP contribution in [0.5, 0.6) is 0 Å². The van der Waals surface area contributed by atoms with Gasteiger partial charge < -0.3 is 10.2 Å². The van der Waals surface area contributed by atoms with E-state index in [4.69, 9.17) is 11.6 Å². The molecule has 0 atom stereocenters. The lowest BCUT2D eigenvalue weighted by Crippen LogP contribution is -2.31. The monoisotopic (exact) mass is 348 g/mol. The minimum absolute atomic E-state index is 0.122. The molecule has 0 aliphatic carbocycles. The van der Waals surface area contributed by atoms with Gasteiger partial charge in [-0.05, 0) is 35.9 Å². The van der Waals surface area contributed by atoms with E-state index in [2.05, 4.69) is 5.32 Å². The Kier molecular flexibility index (Phi) is 6.32. The summed E-state index contributed by atoms with van der Waals surface area (Å²) in [6.45, 7) is 2.14. The number of nitrogens with one attached hydrogen (secondary N) is 1. The van der Waals surface area contributed by atoms with E-state index in [9.17, 15) is 14.0 Å². The Morgan fingerprint density at radius 3 is 2.50 bits per heavy atom. The van der Waals surface area contributed by atoms with Gasteiger partial charge in [0.1, 0.15) is 5.82 Å². The molecule has 0 unspecified atom stereocenters. The molecule has 0 aliphatic rings. The number of carbonyl (C=O) groups excluding carboxylic acids is 2. The fraction of sp³-hybridized carbons (Fsp3) is 0.222. The molecule has 2 aromatic rings. The highest BCUT2D eigenvalue weighted by Crippen LogP contribution is 2.13. The van der Waals surface area contributed by atoms with Gasteiger partial charge in [0.05, 0.1) is 0 Å². The predicted octanol–water partition coefficient (Wildman–Crippen LogP) is 3.86. The second-order valence-electron chi connectivity index (χ2n) is 5.38. The lowest BCUT2D eigenvalue weighted by atomic mass is 10.2. The summed E-state index contributed by atoms with van der Waals surface area (Å²) in [7, 11) is 0. The third-order valence-corrected chi connectivity index (χ3v) is 3.70. The van der Waals surface area contributed by atoms with Gasteiger partial charge in [-0.1, -0.05) is 29.8 Å². The fourth-order valence-corrected chi connectivity index (χ4v) is 2.31. The highest BCUT2D eigenvalue weighted by molar-refractivity contribution is 6.30. The van der Waals surface area contributed by atoms with Crippen LogP contribution in [0.4, 0.5) is 10.1 Å². The van der Waals surface area contributed by atoms with E-state index >= 15 is 0 Å². The normalized spacial score (nSPS) is 10.3. The summed E-state index contributed by atoms with van der Waals surface area (Å²) in [4.78, 5) is 25.3. The van der Waals surface area contributed by atoms with Crippen molar-refractivity contribution in [1.82, 2.24) is 4.90 Å². The van der Waals surface area contributed by atoms with E-state index in [0.717, 1.165) is 5.56 Å². The molecule has 0 saturated heterocycles. The van der Waals surface area contributed by atoms with Gasteiger partial charge >= 0.3 is 0 Å². The van der Waals surface area contributed by atoms with Crippen molar-refractivity contribution in [3.63, 3.8) is 0 Å². The van der Waals surface area contributed by atoms with Gasteiger partial charge in [0, 0.05) is 37.1 Å². The molecule has 0 saturated carbocycles. The molecule has 24 heavy (non-hydrogen) atoms. The molecule has 4 nitrogen and oxygen atoms in total. The lowest BCUT2D eigenvalue weighted by Gasteiger charge is -2.21. The fourth-order valence-electron chi connectivity index (χ4n) is 2.18. The van der Waals surface area contributed by atoms with Crippen LogP contribution in [0.2, 0.25) is 5.02 Å². The summed E-state index contributed by atoms with van der Waals surface area (Å²) in [5, 5.41) is 3.24. The number of benzene rings is 2. The average molecular weight is 349 g/mol. The Balaban J connectivity index is 1.90. The summed E-state index contributed by atoms with van der Waals surface area (Å²) < 4.78 is 13.1. The third-order valence-electron chi connectivity index (χ3n) is 3.45. The first kappa shape index (κ1) is 17.9. The number of anilines is 1. The van der Waals surface area contributed by atoms with E-state index in [1.807, 2.05) is 12.1 Å². The highest BCUT2D eigenvalue weighted by Gasteiger charge is 2.12. The van der Waals surface area contributed by atoms with E-state index < -0.39 is 5.82 Å². The Morgan fingerprint density at radius 1 is 1.17 bits per heavy atom. The van der Waals surface area contributed by atoms with Crippen LogP contribution < -0.4 is 5.32 Å². The minimum Gasteiger partial charge on any atom is -0.338 e. The molecule has 0 spiro atoms. The van der Waals surface area contributed by atoms with Gasteiger partial charge in [-0.3, -0.25) is 9.59 Å². The van der Waals surface area contributed by atoms with E-state index in [1.165, 1.54) is 25.1 Å². The van der Waals surface area contributed by atoms with Crippen LogP contribution in [0.15, 0.2) is 48.5 Å². The van der Waals surface area contributed by atoms with Gasteiger partial charge in [-0.2, -0.15) is 0 Å². The van der Waals surface area contributed by atoms with Crippen LogP contribution in [0.1, 0.15) is 18.9 Å². The largest absolute Gasteiger partial charge is 0.338 e. The first-order valence-electron chi connectivity index (χ1n) is 7.49. The number of halogens is 2. The van der Waals surface area contributed by atoms with E-state index in [1.54, 1.807) is 23.1 Å². The second kappa shape index (κ2) is 8.45. The summed E-state index contributed by atoms with van der Waals surface area (Å²) in [5.74, 6) is -0.813. The topological polar surface area (TPSA) is 49.4 Å². The molecule has 0 fully saturated rings. The molecule has 0 aromatic heterocycles. The van der Waals surface area contributed by atoms with Crippen molar-refractivity contribution in [2.45, 2.75) is 19.9 Å². The molecule has 1 N–H and O–H groups in total. The number of nitrogens with zero attached hydrogens (tertiary/aromatic N) is 1. The van der Waals surface area contributed by atoms with Crippen molar-refractivity contribution in [2.75, 3.05) is 11.9 Å². The number of hydrogen-bond acceptors (Lipinski definition) is 2. The zero-order chi connectivity index (χ0) is 17.5. The first-order valence-corrected chi connectivity index (χ1v) is 7.87. The maximum atomic E-state index is 13.1. The van der Waals surface area contributed by atoms with Gasteiger partial charge in [0.15, 0.2) is 0 Å². The SMILES string of the molecule is CC(=O)N(CCC(=O)Nc1cccc(F)c1)Cc1ccc(Cl)cc1. The van der Waals surface area contributed by atoms with Crippen LogP contribution in [0.3, 0.4) is 0 Å². The molecular weight excluding hydrogens is 331 g/mol. The smallest absolute Gasteiger partial charge is 0.226 e. The molecule has 0 aliphatic heterocycles. The average Bonchev–Trinajstić information content (AvgIpc) is 2.53. The zero-order valence-corrected chi connectivity index (χ0v) is 14.0. The molecule has 126 valence electrons. The Bertz CT molecular complexity index is 719. The minimum atomic E-state index is -0.416. The molecule has 6 heteroatoms. The van der Waals surface area contributed by atoms with Gasteiger partial charge in [0.2, 0.25) is 11.8 Å². The molecular formula is C18H18ClFN2O2. The van der Waals surface area contributed by atoms with Crippen LogP contribution >= 0.6 is 11.6 Å². The Labute approximate surface area is 145 Å². The highest BCUT2D eigenvalue weighted by atomic mass is 35.5. The van der Waals surface area contributed by atoms with Crippen molar-refractivity contribution in [2.24, 2.45) is 0 Å². The summed E-state index contributed by atoms with van der Waals surface area (Å²) in [5.41, 5.74) is 1.33. The van der Waals surface area contributed by atoms with Gasteiger partial charge in [-0.25, -0.2) is 4.39 Å². The number of carbonyl (C=O) groups is 2. The van der Waals surface area contributed by atoms with Gasteiger partial charge in [-0.15, -0.1) is 0 Å². The van der Waals surface area contributed by atoms with Gasteiger partial charge in [0.25, 0.3) is 0 Å². The van der Waals surface area contributed by atoms with Crippen LogP contribution in [0, 0.1) is 5.82 Å². The quantitative estimate of drug-likeness (QED) is 0.861. The Hall–Kier alpha value is -2.40.